The minimum absolute atomic E-state index is 0.0458. The Hall–Kier alpha value is -0.690. The Labute approximate surface area is 62.8 Å². The van der Waals surface area contributed by atoms with Gasteiger partial charge in [0.2, 0.25) is 0 Å². The standard InChI is InChI=1S/C4H6FNO4S/c5-11(9,10)6-2-1-3(6)4(7)8/h3H,1-2H2,(H,7,8)/t3-/m0/s1. The highest BCUT2D eigenvalue weighted by atomic mass is 32.3. The molecule has 1 atom stereocenters. The van der Waals surface area contributed by atoms with Crippen LogP contribution in [0.15, 0.2) is 0 Å². The Morgan fingerprint density at radius 2 is 2.18 bits per heavy atom. The number of nitrogens with zero attached hydrogens (tertiary/aromatic N) is 1. The van der Waals surface area contributed by atoms with Gasteiger partial charge in [0.05, 0.1) is 0 Å². The summed E-state index contributed by atoms with van der Waals surface area (Å²) < 4.78 is 32.6. The zero-order valence-corrected chi connectivity index (χ0v) is 6.21. The fourth-order valence-corrected chi connectivity index (χ4v) is 1.69. The summed E-state index contributed by atoms with van der Waals surface area (Å²) in [5.74, 6) is -1.31. The van der Waals surface area contributed by atoms with Gasteiger partial charge < -0.3 is 5.11 Å². The van der Waals surface area contributed by atoms with Crippen molar-refractivity contribution in [2.45, 2.75) is 12.5 Å². The van der Waals surface area contributed by atoms with Crippen LogP contribution in [0.2, 0.25) is 0 Å². The number of halogens is 1. The first-order valence-corrected chi connectivity index (χ1v) is 4.21. The maximum atomic E-state index is 12.1. The van der Waals surface area contributed by atoms with E-state index < -0.39 is 22.4 Å². The van der Waals surface area contributed by atoms with Gasteiger partial charge in [0.1, 0.15) is 6.04 Å². The van der Waals surface area contributed by atoms with Crippen LogP contribution in [0.4, 0.5) is 3.89 Å². The quantitative estimate of drug-likeness (QED) is 0.578. The van der Waals surface area contributed by atoms with Crippen molar-refractivity contribution in [3.05, 3.63) is 0 Å². The van der Waals surface area contributed by atoms with Crippen LogP contribution in [0.3, 0.4) is 0 Å². The summed E-state index contributed by atoms with van der Waals surface area (Å²) >= 11 is 0. The van der Waals surface area contributed by atoms with Crippen LogP contribution in [0.1, 0.15) is 6.42 Å². The zero-order valence-electron chi connectivity index (χ0n) is 5.40. The van der Waals surface area contributed by atoms with E-state index in [1.807, 2.05) is 0 Å². The van der Waals surface area contributed by atoms with E-state index in [-0.39, 0.29) is 13.0 Å². The molecule has 0 aliphatic carbocycles. The topological polar surface area (TPSA) is 74.7 Å². The van der Waals surface area contributed by atoms with Crippen LogP contribution in [-0.4, -0.2) is 36.4 Å². The Bertz CT molecular complexity index is 274. The zero-order chi connectivity index (χ0) is 8.65. The SMILES string of the molecule is O=C(O)[C@@H]1CCN1S(=O)(=O)F. The maximum Gasteiger partial charge on any atom is 0.375 e. The van der Waals surface area contributed by atoms with Gasteiger partial charge in [-0.25, -0.2) is 0 Å². The van der Waals surface area contributed by atoms with Crippen molar-refractivity contribution >= 4 is 16.4 Å². The highest BCUT2D eigenvalue weighted by molar-refractivity contribution is 7.84. The molecule has 7 heteroatoms. The Morgan fingerprint density at radius 1 is 1.64 bits per heavy atom. The number of aliphatic carboxylic acids is 1. The monoisotopic (exact) mass is 183 g/mol. The summed E-state index contributed by atoms with van der Waals surface area (Å²) in [6.07, 6.45) is 0.179. The highest BCUT2D eigenvalue weighted by Crippen LogP contribution is 2.22. The van der Waals surface area contributed by atoms with Gasteiger partial charge in [-0.1, -0.05) is 3.89 Å². The number of carboxylic acid groups (broad SMARTS) is 1. The number of carboxylic acids is 1. The molecule has 1 saturated heterocycles. The summed E-state index contributed by atoms with van der Waals surface area (Å²) in [7, 11) is -4.81. The van der Waals surface area contributed by atoms with E-state index in [9.17, 15) is 17.1 Å². The molecule has 1 N–H and O–H groups in total. The molecule has 0 spiro atoms. The lowest BCUT2D eigenvalue weighted by Crippen LogP contribution is -2.53. The predicted molar refractivity (Wildman–Crippen MR) is 32.8 cm³/mol. The smallest absolute Gasteiger partial charge is 0.375 e. The number of carbonyl (C=O) groups is 1. The van der Waals surface area contributed by atoms with E-state index in [0.29, 0.717) is 4.31 Å². The fourth-order valence-electron chi connectivity index (χ4n) is 0.871. The summed E-state index contributed by atoms with van der Waals surface area (Å²) in [6, 6.07) is -1.20. The van der Waals surface area contributed by atoms with Gasteiger partial charge in [0, 0.05) is 6.54 Å². The van der Waals surface area contributed by atoms with Crippen LogP contribution in [-0.2, 0) is 15.2 Å². The Balaban J connectivity index is 2.72. The van der Waals surface area contributed by atoms with E-state index in [1.165, 1.54) is 0 Å². The predicted octanol–water partition coefficient (Wildman–Crippen LogP) is -0.640. The first-order chi connectivity index (χ1) is 4.93. The molecule has 1 heterocycles. The third-order valence-electron chi connectivity index (χ3n) is 1.54. The van der Waals surface area contributed by atoms with Crippen molar-refractivity contribution in [1.29, 1.82) is 0 Å². The van der Waals surface area contributed by atoms with Crippen molar-refractivity contribution in [1.82, 2.24) is 4.31 Å². The molecule has 1 fully saturated rings. The van der Waals surface area contributed by atoms with Gasteiger partial charge in [0.25, 0.3) is 0 Å². The van der Waals surface area contributed by atoms with Crippen LogP contribution < -0.4 is 0 Å². The van der Waals surface area contributed by atoms with Crippen molar-refractivity contribution in [2.24, 2.45) is 0 Å². The molecule has 0 aromatic heterocycles. The molecule has 0 aromatic rings. The molecule has 11 heavy (non-hydrogen) atoms. The largest absolute Gasteiger partial charge is 0.480 e. The Morgan fingerprint density at radius 3 is 2.27 bits per heavy atom. The van der Waals surface area contributed by atoms with Gasteiger partial charge in [-0.15, -0.1) is 0 Å². The van der Waals surface area contributed by atoms with Gasteiger partial charge in [-0.3, -0.25) is 4.79 Å². The average molecular weight is 183 g/mol. The van der Waals surface area contributed by atoms with Gasteiger partial charge >= 0.3 is 16.4 Å². The number of rotatable bonds is 2. The van der Waals surface area contributed by atoms with Gasteiger partial charge in [0.15, 0.2) is 0 Å². The lowest BCUT2D eigenvalue weighted by Gasteiger charge is -2.32. The van der Waals surface area contributed by atoms with E-state index in [1.54, 1.807) is 0 Å². The lowest BCUT2D eigenvalue weighted by molar-refractivity contribution is -0.144. The first kappa shape index (κ1) is 8.41. The number of hydrogen-bond donors (Lipinski definition) is 1. The van der Waals surface area contributed by atoms with Crippen molar-refractivity contribution in [2.75, 3.05) is 6.54 Å². The fraction of sp³-hybridized carbons (Fsp3) is 0.750. The van der Waals surface area contributed by atoms with Gasteiger partial charge in [-0.2, -0.15) is 12.7 Å². The molecule has 1 aliphatic heterocycles. The van der Waals surface area contributed by atoms with Crippen LogP contribution in [0.25, 0.3) is 0 Å². The van der Waals surface area contributed by atoms with E-state index >= 15 is 0 Å². The van der Waals surface area contributed by atoms with E-state index in [0.717, 1.165) is 0 Å². The molecule has 0 saturated carbocycles. The van der Waals surface area contributed by atoms with Crippen LogP contribution >= 0.6 is 0 Å². The molecule has 0 amide bonds. The summed E-state index contributed by atoms with van der Waals surface area (Å²) in [6.45, 7) is -0.0458. The summed E-state index contributed by atoms with van der Waals surface area (Å²) in [4.78, 5) is 10.2. The summed E-state index contributed by atoms with van der Waals surface area (Å²) in [5, 5.41) is 8.29. The normalized spacial score (nSPS) is 26.1. The molecule has 64 valence electrons. The second kappa shape index (κ2) is 2.42. The minimum atomic E-state index is -4.81. The second-order valence-electron chi connectivity index (χ2n) is 2.20. The molecular weight excluding hydrogens is 177 g/mol. The molecule has 0 radical (unpaired) electrons. The molecule has 1 rings (SSSR count). The van der Waals surface area contributed by atoms with E-state index in [2.05, 4.69) is 0 Å². The van der Waals surface area contributed by atoms with Gasteiger partial charge in [-0.05, 0) is 6.42 Å². The van der Waals surface area contributed by atoms with E-state index in [4.69, 9.17) is 5.11 Å². The van der Waals surface area contributed by atoms with Crippen molar-refractivity contribution < 1.29 is 22.2 Å². The number of hydrogen-bond acceptors (Lipinski definition) is 3. The van der Waals surface area contributed by atoms with Crippen LogP contribution in [0, 0.1) is 0 Å². The van der Waals surface area contributed by atoms with Crippen LogP contribution in [0.5, 0.6) is 0 Å². The highest BCUT2D eigenvalue weighted by Gasteiger charge is 2.42. The lowest BCUT2D eigenvalue weighted by atomic mass is 10.1. The molecule has 1 aliphatic rings. The first-order valence-electron chi connectivity index (χ1n) is 2.87. The maximum absolute atomic E-state index is 12.1. The van der Waals surface area contributed by atoms with Crippen molar-refractivity contribution in [3.8, 4) is 0 Å². The second-order valence-corrected chi connectivity index (χ2v) is 3.49. The van der Waals surface area contributed by atoms with Crippen molar-refractivity contribution in [3.63, 3.8) is 0 Å². The molecule has 0 aromatic carbocycles. The average Bonchev–Trinajstić information content (AvgIpc) is 1.51. The third-order valence-corrected chi connectivity index (χ3v) is 2.53. The molecule has 0 bridgehead atoms. The molecular formula is C4H6FNO4S. The summed E-state index contributed by atoms with van der Waals surface area (Å²) in [5.41, 5.74) is 0. The Kier molecular flexibility index (Phi) is 1.85. The molecule has 5 nitrogen and oxygen atoms in total. The third kappa shape index (κ3) is 1.48. The molecule has 0 unspecified atom stereocenters. The minimum Gasteiger partial charge on any atom is -0.480 e.